The van der Waals surface area contributed by atoms with Crippen LogP contribution in [0.2, 0.25) is 0 Å². The number of nitrogens with two attached hydrogens (primary N) is 1. The van der Waals surface area contributed by atoms with E-state index < -0.39 is 0 Å². The standard InChI is InChI=1S/C20H28N6.2ClH/c21-17-11-16(12-17)18-13-19(25-20(24-18)26-9-1-2-10-26)23-8-4-6-15-5-3-7-22-14-15;;/h3,5,7,13-14,16-17H,1-2,4,6,8-12,21H2,(H,23,24,25);2*1H. The molecule has 154 valence electrons. The maximum Gasteiger partial charge on any atom is 0.227 e. The van der Waals surface area contributed by atoms with E-state index >= 15 is 0 Å². The van der Waals surface area contributed by atoms with Crippen molar-refractivity contribution in [2.75, 3.05) is 29.9 Å². The van der Waals surface area contributed by atoms with E-state index in [1.165, 1.54) is 18.4 Å². The molecule has 28 heavy (non-hydrogen) atoms. The number of nitrogens with one attached hydrogen (secondary N) is 1. The fourth-order valence-corrected chi connectivity index (χ4v) is 3.77. The summed E-state index contributed by atoms with van der Waals surface area (Å²) in [5.41, 5.74) is 8.41. The molecule has 2 aromatic rings. The Kier molecular flexibility index (Phi) is 8.73. The number of halogens is 2. The molecule has 6 nitrogen and oxygen atoms in total. The Morgan fingerprint density at radius 2 is 1.93 bits per heavy atom. The van der Waals surface area contributed by atoms with Gasteiger partial charge in [0.1, 0.15) is 5.82 Å². The molecule has 3 heterocycles. The van der Waals surface area contributed by atoms with E-state index in [1.807, 2.05) is 18.5 Å². The van der Waals surface area contributed by atoms with Crippen molar-refractivity contribution in [1.29, 1.82) is 0 Å². The van der Waals surface area contributed by atoms with E-state index in [0.29, 0.717) is 12.0 Å². The maximum absolute atomic E-state index is 5.98. The number of rotatable bonds is 7. The monoisotopic (exact) mass is 424 g/mol. The summed E-state index contributed by atoms with van der Waals surface area (Å²) in [6, 6.07) is 6.58. The Labute approximate surface area is 179 Å². The zero-order valence-corrected chi connectivity index (χ0v) is 17.7. The summed E-state index contributed by atoms with van der Waals surface area (Å²) in [6.45, 7) is 3.02. The predicted molar refractivity (Wildman–Crippen MR) is 119 cm³/mol. The summed E-state index contributed by atoms with van der Waals surface area (Å²) in [7, 11) is 0. The highest BCUT2D eigenvalue weighted by Gasteiger charge is 2.30. The summed E-state index contributed by atoms with van der Waals surface area (Å²) in [6.07, 6.45) is 10.4. The average molecular weight is 425 g/mol. The van der Waals surface area contributed by atoms with Gasteiger partial charge >= 0.3 is 0 Å². The van der Waals surface area contributed by atoms with Crippen LogP contribution in [0, 0.1) is 0 Å². The molecule has 1 saturated carbocycles. The molecular weight excluding hydrogens is 395 g/mol. The van der Waals surface area contributed by atoms with E-state index in [2.05, 4.69) is 27.3 Å². The first-order chi connectivity index (χ1) is 12.8. The van der Waals surface area contributed by atoms with Crippen LogP contribution in [-0.2, 0) is 6.42 Å². The van der Waals surface area contributed by atoms with Crippen LogP contribution in [-0.4, -0.2) is 40.6 Å². The Hall–Kier alpha value is -1.63. The quantitative estimate of drug-likeness (QED) is 0.661. The lowest BCUT2D eigenvalue weighted by molar-refractivity contribution is 0.345. The summed E-state index contributed by atoms with van der Waals surface area (Å²) in [4.78, 5) is 16.1. The summed E-state index contributed by atoms with van der Waals surface area (Å²) >= 11 is 0. The topological polar surface area (TPSA) is 80.0 Å². The molecular formula is C20H30Cl2N6. The number of pyridine rings is 1. The lowest BCUT2D eigenvalue weighted by Gasteiger charge is -2.32. The van der Waals surface area contributed by atoms with Gasteiger partial charge in [-0.05, 0) is 50.2 Å². The average Bonchev–Trinajstić information content (AvgIpc) is 3.18. The summed E-state index contributed by atoms with van der Waals surface area (Å²) in [5, 5.41) is 3.50. The number of aromatic nitrogens is 3. The van der Waals surface area contributed by atoms with Gasteiger partial charge in [-0.15, -0.1) is 24.8 Å². The Bertz CT molecular complexity index is 718. The van der Waals surface area contributed by atoms with Gasteiger partial charge < -0.3 is 16.0 Å². The van der Waals surface area contributed by atoms with Crippen LogP contribution in [0.5, 0.6) is 0 Å². The van der Waals surface area contributed by atoms with Crippen molar-refractivity contribution in [3.63, 3.8) is 0 Å². The van der Waals surface area contributed by atoms with Crippen molar-refractivity contribution in [1.82, 2.24) is 15.0 Å². The first kappa shape index (κ1) is 22.7. The van der Waals surface area contributed by atoms with Crippen LogP contribution in [0.3, 0.4) is 0 Å². The largest absolute Gasteiger partial charge is 0.370 e. The summed E-state index contributed by atoms with van der Waals surface area (Å²) in [5.74, 6) is 2.32. The first-order valence-corrected chi connectivity index (χ1v) is 9.80. The van der Waals surface area contributed by atoms with E-state index in [-0.39, 0.29) is 24.8 Å². The van der Waals surface area contributed by atoms with E-state index in [9.17, 15) is 0 Å². The molecule has 0 amide bonds. The minimum absolute atomic E-state index is 0. The lowest BCUT2D eigenvalue weighted by Crippen LogP contribution is -2.35. The third-order valence-electron chi connectivity index (χ3n) is 5.39. The number of aryl methyl sites for hydroxylation is 1. The Morgan fingerprint density at radius 3 is 2.61 bits per heavy atom. The smallest absolute Gasteiger partial charge is 0.227 e. The molecule has 2 aromatic heterocycles. The first-order valence-electron chi connectivity index (χ1n) is 9.80. The van der Waals surface area contributed by atoms with Gasteiger partial charge in [-0.3, -0.25) is 4.98 Å². The molecule has 1 aliphatic heterocycles. The van der Waals surface area contributed by atoms with Gasteiger partial charge in [0.15, 0.2) is 0 Å². The second kappa shape index (κ2) is 10.8. The molecule has 0 bridgehead atoms. The maximum atomic E-state index is 5.98. The van der Waals surface area contributed by atoms with E-state index in [4.69, 9.17) is 15.7 Å². The van der Waals surface area contributed by atoms with Crippen molar-refractivity contribution in [3.05, 3.63) is 41.9 Å². The van der Waals surface area contributed by atoms with Crippen LogP contribution in [0.1, 0.15) is 49.3 Å². The number of nitrogens with zero attached hydrogens (tertiary/aromatic N) is 4. The molecule has 0 atom stereocenters. The Morgan fingerprint density at radius 1 is 1.14 bits per heavy atom. The molecule has 8 heteroatoms. The summed E-state index contributed by atoms with van der Waals surface area (Å²) < 4.78 is 0. The molecule has 2 aliphatic rings. The minimum Gasteiger partial charge on any atom is -0.370 e. The van der Waals surface area contributed by atoms with Crippen LogP contribution in [0.25, 0.3) is 0 Å². The van der Waals surface area contributed by atoms with Gasteiger partial charge in [0.25, 0.3) is 0 Å². The molecule has 2 fully saturated rings. The highest BCUT2D eigenvalue weighted by molar-refractivity contribution is 5.85. The van der Waals surface area contributed by atoms with E-state index in [0.717, 1.165) is 62.8 Å². The lowest BCUT2D eigenvalue weighted by atomic mass is 9.78. The van der Waals surface area contributed by atoms with Crippen molar-refractivity contribution in [2.45, 2.75) is 50.5 Å². The molecule has 1 saturated heterocycles. The Balaban J connectivity index is 0.00000140. The van der Waals surface area contributed by atoms with Crippen molar-refractivity contribution >= 4 is 36.6 Å². The van der Waals surface area contributed by atoms with Gasteiger partial charge in [0, 0.05) is 50.1 Å². The third-order valence-corrected chi connectivity index (χ3v) is 5.39. The van der Waals surface area contributed by atoms with Gasteiger partial charge in [-0.1, -0.05) is 6.07 Å². The number of anilines is 2. The SMILES string of the molecule is Cl.Cl.NC1CC(c2cc(NCCCc3cccnc3)nc(N3CCCC3)n2)C1. The van der Waals surface area contributed by atoms with Crippen LogP contribution >= 0.6 is 24.8 Å². The number of hydrogen-bond acceptors (Lipinski definition) is 6. The fraction of sp³-hybridized carbons (Fsp3) is 0.550. The zero-order valence-electron chi connectivity index (χ0n) is 16.1. The molecule has 0 aromatic carbocycles. The molecule has 1 aliphatic carbocycles. The third kappa shape index (κ3) is 5.69. The second-order valence-electron chi connectivity index (χ2n) is 7.49. The zero-order chi connectivity index (χ0) is 17.8. The minimum atomic E-state index is 0. The van der Waals surface area contributed by atoms with Gasteiger partial charge in [0.2, 0.25) is 5.95 Å². The molecule has 0 radical (unpaired) electrons. The molecule has 0 spiro atoms. The van der Waals surface area contributed by atoms with Crippen molar-refractivity contribution in [2.24, 2.45) is 5.73 Å². The van der Waals surface area contributed by atoms with Crippen molar-refractivity contribution in [3.8, 4) is 0 Å². The molecule has 3 N–H and O–H groups in total. The van der Waals surface area contributed by atoms with Crippen LogP contribution in [0.4, 0.5) is 11.8 Å². The van der Waals surface area contributed by atoms with Crippen LogP contribution in [0.15, 0.2) is 30.6 Å². The highest BCUT2D eigenvalue weighted by atomic mass is 35.5. The number of hydrogen-bond donors (Lipinski definition) is 2. The van der Waals surface area contributed by atoms with Gasteiger partial charge in [-0.25, -0.2) is 4.98 Å². The highest BCUT2D eigenvalue weighted by Crippen LogP contribution is 2.36. The van der Waals surface area contributed by atoms with Crippen LogP contribution < -0.4 is 16.0 Å². The normalized spacial score (nSPS) is 20.7. The molecule has 0 unspecified atom stereocenters. The fourth-order valence-electron chi connectivity index (χ4n) is 3.77. The van der Waals surface area contributed by atoms with Gasteiger partial charge in [0.05, 0.1) is 5.69 Å². The van der Waals surface area contributed by atoms with Gasteiger partial charge in [-0.2, -0.15) is 4.98 Å². The van der Waals surface area contributed by atoms with Crippen molar-refractivity contribution < 1.29 is 0 Å². The second-order valence-corrected chi connectivity index (χ2v) is 7.49. The van der Waals surface area contributed by atoms with E-state index in [1.54, 1.807) is 0 Å². The predicted octanol–water partition coefficient (Wildman–Crippen LogP) is 3.56. The molecule has 4 rings (SSSR count).